The second-order valence-corrected chi connectivity index (χ2v) is 7.31. The minimum Gasteiger partial charge on any atom is -0.379 e. The highest BCUT2D eigenvalue weighted by Crippen LogP contribution is 2.15. The summed E-state index contributed by atoms with van der Waals surface area (Å²) in [6.45, 7) is 8.58. The molecule has 0 unspecified atom stereocenters. The van der Waals surface area contributed by atoms with Gasteiger partial charge in [-0.1, -0.05) is 37.3 Å². The van der Waals surface area contributed by atoms with E-state index in [-0.39, 0.29) is 11.8 Å². The zero-order chi connectivity index (χ0) is 19.8. The molecule has 2 aliphatic heterocycles. The van der Waals surface area contributed by atoms with Gasteiger partial charge in [0.05, 0.1) is 13.2 Å². The van der Waals surface area contributed by atoms with Crippen molar-refractivity contribution in [1.82, 2.24) is 14.7 Å². The monoisotopic (exact) mass is 385 g/mol. The summed E-state index contributed by atoms with van der Waals surface area (Å²) >= 11 is 0. The lowest BCUT2D eigenvalue weighted by Gasteiger charge is -2.35. The van der Waals surface area contributed by atoms with Crippen molar-refractivity contribution in [1.29, 1.82) is 0 Å². The van der Waals surface area contributed by atoms with Crippen LogP contribution in [-0.4, -0.2) is 85.5 Å². The molecule has 0 aliphatic carbocycles. The van der Waals surface area contributed by atoms with E-state index in [2.05, 4.69) is 4.90 Å². The average Bonchev–Trinajstić information content (AvgIpc) is 2.77. The molecule has 3 rings (SSSR count). The molecule has 2 amide bonds. The van der Waals surface area contributed by atoms with E-state index in [4.69, 9.17) is 4.74 Å². The van der Waals surface area contributed by atoms with E-state index in [1.54, 1.807) is 0 Å². The fourth-order valence-electron chi connectivity index (χ4n) is 3.66. The van der Waals surface area contributed by atoms with Crippen LogP contribution in [0.3, 0.4) is 0 Å². The summed E-state index contributed by atoms with van der Waals surface area (Å²) in [7, 11) is 0. The van der Waals surface area contributed by atoms with Gasteiger partial charge < -0.3 is 14.5 Å². The van der Waals surface area contributed by atoms with Crippen molar-refractivity contribution in [3.63, 3.8) is 0 Å². The Morgan fingerprint density at radius 3 is 2.25 bits per heavy atom. The van der Waals surface area contributed by atoms with Gasteiger partial charge in [-0.15, -0.1) is 0 Å². The first kappa shape index (κ1) is 20.6. The molecule has 0 atom stereocenters. The number of rotatable bonds is 6. The van der Waals surface area contributed by atoms with Crippen molar-refractivity contribution in [3.05, 3.63) is 41.5 Å². The van der Waals surface area contributed by atoms with Gasteiger partial charge in [0.1, 0.15) is 0 Å². The van der Waals surface area contributed by atoms with Crippen molar-refractivity contribution in [2.75, 3.05) is 59.0 Å². The third kappa shape index (κ3) is 5.66. The van der Waals surface area contributed by atoms with Gasteiger partial charge in [0, 0.05) is 57.8 Å². The maximum Gasteiger partial charge on any atom is 0.249 e. The van der Waals surface area contributed by atoms with Gasteiger partial charge in [-0.25, -0.2) is 0 Å². The fraction of sp³-hybridized carbons (Fsp3) is 0.545. The van der Waals surface area contributed by atoms with Gasteiger partial charge in [-0.2, -0.15) is 0 Å². The zero-order valence-electron chi connectivity index (χ0n) is 16.8. The molecule has 2 heterocycles. The molecule has 2 saturated heterocycles. The molecule has 0 radical (unpaired) electrons. The first-order chi connectivity index (χ1) is 13.7. The number of benzene rings is 1. The summed E-state index contributed by atoms with van der Waals surface area (Å²) in [4.78, 5) is 31.4. The number of ether oxygens (including phenoxy) is 1. The standard InChI is InChI=1S/C22H31N3O3/c1-2-20(18-19-6-4-3-5-7-19)22(27)25-12-10-24(11-13-25)21(26)8-9-23-14-16-28-17-15-23/h3-7,18H,2,8-17H2,1H3/b20-18+. The Morgan fingerprint density at radius 1 is 0.964 bits per heavy atom. The lowest BCUT2D eigenvalue weighted by Crippen LogP contribution is -2.51. The number of hydrogen-bond donors (Lipinski definition) is 0. The molecule has 28 heavy (non-hydrogen) atoms. The van der Waals surface area contributed by atoms with Crippen molar-refractivity contribution in [2.24, 2.45) is 0 Å². The van der Waals surface area contributed by atoms with E-state index in [0.717, 1.165) is 44.0 Å². The van der Waals surface area contributed by atoms with Crippen molar-refractivity contribution in [2.45, 2.75) is 19.8 Å². The number of hydrogen-bond acceptors (Lipinski definition) is 4. The highest BCUT2D eigenvalue weighted by molar-refractivity contribution is 5.98. The lowest BCUT2D eigenvalue weighted by molar-refractivity contribution is -0.138. The minimum atomic E-state index is 0.0896. The van der Waals surface area contributed by atoms with Crippen LogP contribution in [0, 0.1) is 0 Å². The lowest BCUT2D eigenvalue weighted by atomic mass is 10.1. The Kier molecular flexibility index (Phi) is 7.62. The fourth-order valence-corrected chi connectivity index (χ4v) is 3.66. The molecular formula is C22H31N3O3. The smallest absolute Gasteiger partial charge is 0.249 e. The molecule has 2 aliphatic rings. The molecular weight excluding hydrogens is 354 g/mol. The van der Waals surface area contributed by atoms with Crippen LogP contribution < -0.4 is 0 Å². The number of amides is 2. The van der Waals surface area contributed by atoms with E-state index in [1.165, 1.54) is 0 Å². The quantitative estimate of drug-likeness (QED) is 0.702. The molecule has 6 heteroatoms. The summed E-state index contributed by atoms with van der Waals surface area (Å²) in [5, 5.41) is 0. The molecule has 1 aromatic rings. The summed E-state index contributed by atoms with van der Waals surface area (Å²) in [5.41, 5.74) is 1.86. The normalized spacial score (nSPS) is 19.0. The van der Waals surface area contributed by atoms with Crippen LogP contribution in [0.1, 0.15) is 25.3 Å². The Bertz CT molecular complexity index is 676. The summed E-state index contributed by atoms with van der Waals surface area (Å²) in [6, 6.07) is 9.94. The van der Waals surface area contributed by atoms with Gasteiger partial charge in [-0.05, 0) is 18.1 Å². The van der Waals surface area contributed by atoms with E-state index < -0.39 is 0 Å². The predicted octanol–water partition coefficient (Wildman–Crippen LogP) is 1.87. The van der Waals surface area contributed by atoms with Crippen molar-refractivity contribution in [3.8, 4) is 0 Å². The van der Waals surface area contributed by atoms with Crippen molar-refractivity contribution >= 4 is 17.9 Å². The third-order valence-electron chi connectivity index (χ3n) is 5.46. The molecule has 0 aromatic heterocycles. The number of nitrogens with zero attached hydrogens (tertiary/aromatic N) is 3. The zero-order valence-corrected chi connectivity index (χ0v) is 16.8. The summed E-state index contributed by atoms with van der Waals surface area (Å²) in [5.74, 6) is 0.279. The molecule has 0 bridgehead atoms. The van der Waals surface area contributed by atoms with Crippen LogP contribution in [0.15, 0.2) is 35.9 Å². The molecule has 6 nitrogen and oxygen atoms in total. The molecule has 152 valence electrons. The van der Waals surface area contributed by atoms with Gasteiger partial charge in [0.25, 0.3) is 0 Å². The van der Waals surface area contributed by atoms with Gasteiger partial charge in [0.2, 0.25) is 11.8 Å². The topological polar surface area (TPSA) is 53.1 Å². The maximum absolute atomic E-state index is 12.9. The third-order valence-corrected chi connectivity index (χ3v) is 5.46. The predicted molar refractivity (Wildman–Crippen MR) is 110 cm³/mol. The van der Waals surface area contributed by atoms with Crippen LogP contribution in [0.25, 0.3) is 6.08 Å². The van der Waals surface area contributed by atoms with Gasteiger partial charge in [0.15, 0.2) is 0 Å². The molecule has 1 aromatic carbocycles. The maximum atomic E-state index is 12.9. The van der Waals surface area contributed by atoms with E-state index in [9.17, 15) is 9.59 Å². The van der Waals surface area contributed by atoms with E-state index >= 15 is 0 Å². The van der Waals surface area contributed by atoms with E-state index in [0.29, 0.717) is 39.0 Å². The average molecular weight is 386 g/mol. The molecule has 0 saturated carbocycles. The Balaban J connectivity index is 1.47. The van der Waals surface area contributed by atoms with Gasteiger partial charge >= 0.3 is 0 Å². The number of morpholine rings is 1. The second kappa shape index (κ2) is 10.4. The number of carbonyl (C=O) groups is 2. The Hall–Kier alpha value is -2.18. The first-order valence-electron chi connectivity index (χ1n) is 10.3. The second-order valence-electron chi connectivity index (χ2n) is 7.31. The minimum absolute atomic E-state index is 0.0896. The van der Waals surface area contributed by atoms with Crippen LogP contribution in [0.2, 0.25) is 0 Å². The number of piperazine rings is 1. The highest BCUT2D eigenvalue weighted by Gasteiger charge is 2.25. The molecule has 0 N–H and O–H groups in total. The first-order valence-corrected chi connectivity index (χ1v) is 10.3. The highest BCUT2D eigenvalue weighted by atomic mass is 16.5. The summed E-state index contributed by atoms with van der Waals surface area (Å²) in [6.07, 6.45) is 3.22. The SMILES string of the molecule is CC/C(=C\c1ccccc1)C(=O)N1CCN(C(=O)CCN2CCOCC2)CC1. The molecule has 2 fully saturated rings. The van der Waals surface area contributed by atoms with Crippen molar-refractivity contribution < 1.29 is 14.3 Å². The Morgan fingerprint density at radius 2 is 1.61 bits per heavy atom. The van der Waals surface area contributed by atoms with Crippen LogP contribution >= 0.6 is 0 Å². The number of carbonyl (C=O) groups excluding carboxylic acids is 2. The Labute approximate surface area is 167 Å². The van der Waals surface area contributed by atoms with Crippen LogP contribution in [-0.2, 0) is 14.3 Å². The summed E-state index contributed by atoms with van der Waals surface area (Å²) < 4.78 is 5.34. The largest absolute Gasteiger partial charge is 0.379 e. The van der Waals surface area contributed by atoms with E-state index in [1.807, 2.05) is 53.1 Å². The van der Waals surface area contributed by atoms with Crippen LogP contribution in [0.5, 0.6) is 0 Å². The molecule has 0 spiro atoms. The van der Waals surface area contributed by atoms with Crippen LogP contribution in [0.4, 0.5) is 0 Å². The van der Waals surface area contributed by atoms with Gasteiger partial charge in [-0.3, -0.25) is 14.5 Å².